The summed E-state index contributed by atoms with van der Waals surface area (Å²) >= 11 is 0. The van der Waals surface area contributed by atoms with E-state index in [1.807, 2.05) is 6.20 Å². The number of aromatic nitrogens is 2. The molecule has 5 heteroatoms. The van der Waals surface area contributed by atoms with E-state index in [-0.39, 0.29) is 10.8 Å². The predicted molar refractivity (Wildman–Crippen MR) is 316 cm³/mol. The molecule has 0 bridgehead atoms. The number of anilines is 2. The Balaban J connectivity index is 1.07. The van der Waals surface area contributed by atoms with Gasteiger partial charge in [-0.25, -0.2) is 4.98 Å². The van der Waals surface area contributed by atoms with Gasteiger partial charge in [-0.05, 0) is 116 Å². The maximum absolute atomic E-state index is 7.05. The largest absolute Gasteiger partial charge is 0.457 e. The quantitative estimate of drug-likeness (QED) is 0.129. The molecule has 0 amide bonds. The molecule has 0 radical (unpaired) electrons. The van der Waals surface area contributed by atoms with Gasteiger partial charge in [0.1, 0.15) is 17.3 Å². The molecule has 10 aromatic rings. The highest BCUT2D eigenvalue weighted by Crippen LogP contribution is 2.51. The standard InChI is InChI=1S/C70H68N4O/c1-67(2,3)54-38-39-71-64(44-54)74-62-37-34-50(48-24-15-11-16-25-48)42-61(62)60-36-35-59(46-63(60)74)75-58-33-23-32-56(45-58)72-47-73(57-41-51(49-26-17-12-18-27-49)40-55(43-57)68(4,5)6)66(70(9,10)53-30-21-14-22-31-53)65(72)69(7,8)52-28-19-13-20-29-52/h11-46H,47H2,1-10H3. The molecule has 75 heavy (non-hydrogen) atoms. The summed E-state index contributed by atoms with van der Waals surface area (Å²) in [7, 11) is 0. The summed E-state index contributed by atoms with van der Waals surface area (Å²) in [5, 5.41) is 2.31. The normalized spacial score (nSPS) is 13.6. The summed E-state index contributed by atoms with van der Waals surface area (Å²) < 4.78 is 9.35. The molecule has 1 aliphatic rings. The van der Waals surface area contributed by atoms with Crippen LogP contribution >= 0.6 is 0 Å². The molecule has 0 aliphatic carbocycles. The Bertz CT molecular complexity index is 3730. The first-order valence-corrected chi connectivity index (χ1v) is 26.5. The molecule has 0 saturated carbocycles. The van der Waals surface area contributed by atoms with E-state index in [9.17, 15) is 0 Å². The molecule has 0 N–H and O–H groups in total. The van der Waals surface area contributed by atoms with Crippen molar-refractivity contribution in [3.8, 4) is 39.6 Å². The smallest absolute Gasteiger partial charge is 0.137 e. The third kappa shape index (κ3) is 9.31. The van der Waals surface area contributed by atoms with Crippen LogP contribution in [0.1, 0.15) is 91.5 Å². The third-order valence-electron chi connectivity index (χ3n) is 15.5. The number of benzene rings is 8. The molecular weight excluding hydrogens is 913 g/mol. The number of hydrogen-bond donors (Lipinski definition) is 0. The SMILES string of the molecule is CC(C)(C)c1cc(-c2ccccc2)cc(N2CN(c3cccc(Oc4ccc5c6cc(-c7ccccc7)ccc6n(-c6cc(C(C)(C)C)ccn6)c5c4)c3)C(C(C)(C)c3ccccc3)=C2C(C)(C)c2ccccc2)c1. The lowest BCUT2D eigenvalue weighted by Crippen LogP contribution is -2.34. The molecular formula is C70H68N4O. The maximum atomic E-state index is 7.05. The Morgan fingerprint density at radius 2 is 0.933 bits per heavy atom. The molecule has 1 aliphatic heterocycles. The molecule has 0 saturated heterocycles. The second-order valence-electron chi connectivity index (χ2n) is 23.4. The van der Waals surface area contributed by atoms with Gasteiger partial charge in [0.15, 0.2) is 0 Å². The van der Waals surface area contributed by atoms with E-state index in [2.05, 4.69) is 296 Å². The van der Waals surface area contributed by atoms with Crippen molar-refractivity contribution < 1.29 is 4.74 Å². The lowest BCUT2D eigenvalue weighted by Gasteiger charge is -2.38. The number of ether oxygens (including phenoxy) is 1. The minimum atomic E-state index is -0.435. The number of fused-ring (bicyclic) bond motifs is 3. The number of rotatable bonds is 11. The zero-order valence-corrected chi connectivity index (χ0v) is 45.2. The van der Waals surface area contributed by atoms with Crippen molar-refractivity contribution in [1.82, 2.24) is 9.55 Å². The Hall–Kier alpha value is -8.15. The zero-order valence-electron chi connectivity index (χ0n) is 45.2. The Labute approximate surface area is 444 Å². The number of hydrogen-bond acceptors (Lipinski definition) is 4. The van der Waals surface area contributed by atoms with Crippen LogP contribution < -0.4 is 14.5 Å². The zero-order chi connectivity index (χ0) is 52.3. The minimum absolute atomic E-state index is 0.0480. The molecule has 8 aromatic carbocycles. The monoisotopic (exact) mass is 981 g/mol. The van der Waals surface area contributed by atoms with E-state index >= 15 is 0 Å². The van der Waals surface area contributed by atoms with E-state index in [0.29, 0.717) is 6.67 Å². The minimum Gasteiger partial charge on any atom is -0.457 e. The predicted octanol–water partition coefficient (Wildman–Crippen LogP) is 18.4. The number of allylic oxidation sites excluding steroid dienone is 2. The van der Waals surface area contributed by atoms with E-state index in [4.69, 9.17) is 9.72 Å². The van der Waals surface area contributed by atoms with Crippen molar-refractivity contribution in [2.45, 2.75) is 90.9 Å². The van der Waals surface area contributed by atoms with Gasteiger partial charge in [0.25, 0.3) is 0 Å². The summed E-state index contributed by atoms with van der Waals surface area (Å²) in [6, 6.07) is 77.0. The lowest BCUT2D eigenvalue weighted by molar-refractivity contribution is 0.483. The molecule has 0 fully saturated rings. The Kier molecular flexibility index (Phi) is 12.4. The van der Waals surface area contributed by atoms with E-state index in [0.717, 1.165) is 39.4 Å². The Morgan fingerprint density at radius 1 is 0.373 bits per heavy atom. The van der Waals surface area contributed by atoms with Gasteiger partial charge in [0.2, 0.25) is 0 Å². The molecule has 3 heterocycles. The van der Waals surface area contributed by atoms with Gasteiger partial charge < -0.3 is 14.5 Å². The van der Waals surface area contributed by atoms with E-state index in [1.165, 1.54) is 67.0 Å². The number of nitrogens with zero attached hydrogens (tertiary/aromatic N) is 4. The summed E-state index contributed by atoms with van der Waals surface area (Å²) in [6.45, 7) is 23.9. The van der Waals surface area contributed by atoms with Crippen LogP contribution in [0.15, 0.2) is 230 Å². The van der Waals surface area contributed by atoms with Crippen molar-refractivity contribution in [1.29, 1.82) is 0 Å². The van der Waals surface area contributed by atoms with Gasteiger partial charge in [0, 0.05) is 51.3 Å². The summed E-state index contributed by atoms with van der Waals surface area (Å²) in [5.41, 5.74) is 15.6. The fourth-order valence-electron chi connectivity index (χ4n) is 11.2. The van der Waals surface area contributed by atoms with Gasteiger partial charge in [-0.2, -0.15) is 0 Å². The summed E-state index contributed by atoms with van der Waals surface area (Å²) in [4.78, 5) is 10.2. The fraction of sp³-hybridized carbons (Fsp3) is 0.214. The van der Waals surface area contributed by atoms with Crippen molar-refractivity contribution in [3.63, 3.8) is 0 Å². The van der Waals surface area contributed by atoms with Gasteiger partial charge in [-0.3, -0.25) is 4.57 Å². The van der Waals surface area contributed by atoms with Crippen LogP contribution in [0.2, 0.25) is 0 Å². The van der Waals surface area contributed by atoms with Crippen molar-refractivity contribution in [2.24, 2.45) is 0 Å². The first-order valence-electron chi connectivity index (χ1n) is 26.5. The summed E-state index contributed by atoms with van der Waals surface area (Å²) in [6.07, 6.45) is 1.94. The second-order valence-corrected chi connectivity index (χ2v) is 23.4. The van der Waals surface area contributed by atoms with Gasteiger partial charge >= 0.3 is 0 Å². The highest BCUT2D eigenvalue weighted by Gasteiger charge is 2.46. The van der Waals surface area contributed by atoms with Crippen LogP contribution in [0, 0.1) is 0 Å². The highest BCUT2D eigenvalue weighted by atomic mass is 16.5. The average Bonchev–Trinajstić information content (AvgIpc) is 4.02. The molecule has 0 unspecified atom stereocenters. The van der Waals surface area contributed by atoms with Crippen LogP contribution in [-0.2, 0) is 21.7 Å². The van der Waals surface area contributed by atoms with Crippen LogP contribution in [0.4, 0.5) is 11.4 Å². The topological polar surface area (TPSA) is 33.5 Å². The third-order valence-corrected chi connectivity index (χ3v) is 15.5. The van der Waals surface area contributed by atoms with Gasteiger partial charge in [0.05, 0.1) is 29.1 Å². The van der Waals surface area contributed by atoms with Gasteiger partial charge in [-0.15, -0.1) is 0 Å². The fourth-order valence-corrected chi connectivity index (χ4v) is 11.2. The maximum Gasteiger partial charge on any atom is 0.137 e. The van der Waals surface area contributed by atoms with Crippen LogP contribution in [0.5, 0.6) is 11.5 Å². The second kappa shape index (κ2) is 19.0. The first kappa shape index (κ1) is 49.1. The van der Waals surface area contributed by atoms with Crippen LogP contribution in [-0.4, -0.2) is 16.2 Å². The van der Waals surface area contributed by atoms with Crippen LogP contribution in [0.25, 0.3) is 49.9 Å². The van der Waals surface area contributed by atoms with E-state index < -0.39 is 10.8 Å². The highest BCUT2D eigenvalue weighted by molar-refractivity contribution is 6.10. The van der Waals surface area contributed by atoms with Crippen molar-refractivity contribution in [2.75, 3.05) is 16.5 Å². The summed E-state index contributed by atoms with van der Waals surface area (Å²) in [5.74, 6) is 2.39. The first-order chi connectivity index (χ1) is 35.9. The molecule has 5 nitrogen and oxygen atoms in total. The van der Waals surface area contributed by atoms with E-state index in [1.54, 1.807) is 0 Å². The van der Waals surface area contributed by atoms with Gasteiger partial charge in [-0.1, -0.05) is 209 Å². The lowest BCUT2D eigenvalue weighted by atomic mass is 9.73. The van der Waals surface area contributed by atoms with Crippen LogP contribution in [0.3, 0.4) is 0 Å². The molecule has 2 aromatic heterocycles. The van der Waals surface area contributed by atoms with Crippen molar-refractivity contribution >= 4 is 33.2 Å². The Morgan fingerprint density at radius 3 is 1.53 bits per heavy atom. The molecule has 11 rings (SSSR count). The van der Waals surface area contributed by atoms with Crippen molar-refractivity contribution in [3.05, 3.63) is 252 Å². The molecule has 0 spiro atoms. The molecule has 374 valence electrons. The number of pyridine rings is 1. The molecule has 0 atom stereocenters. The average molecular weight is 981 g/mol.